The lowest BCUT2D eigenvalue weighted by Gasteiger charge is -2.14. The first-order valence-electron chi connectivity index (χ1n) is 5.96. The molecule has 2 rings (SSSR count). The van der Waals surface area contributed by atoms with Crippen LogP contribution in [0.15, 0.2) is 23.1 Å². The van der Waals surface area contributed by atoms with Gasteiger partial charge >= 0.3 is 0 Å². The molecule has 0 amide bonds. The van der Waals surface area contributed by atoms with Crippen LogP contribution in [0, 0.1) is 0 Å². The minimum Gasteiger partial charge on any atom is -0.326 e. The summed E-state index contributed by atoms with van der Waals surface area (Å²) >= 11 is 7.68. The highest BCUT2D eigenvalue weighted by Crippen LogP contribution is 2.46. The largest absolute Gasteiger partial charge is 0.326 e. The summed E-state index contributed by atoms with van der Waals surface area (Å²) in [6.45, 7) is 0.730. The molecule has 7 heteroatoms. The van der Waals surface area contributed by atoms with Crippen molar-refractivity contribution in [1.82, 2.24) is 4.72 Å². The lowest BCUT2D eigenvalue weighted by molar-refractivity contribution is 0.579. The van der Waals surface area contributed by atoms with Crippen LogP contribution >= 0.6 is 23.4 Å². The van der Waals surface area contributed by atoms with Gasteiger partial charge in [0.1, 0.15) is 4.90 Å². The zero-order chi connectivity index (χ0) is 14.1. The lowest BCUT2D eigenvalue weighted by Crippen LogP contribution is -2.32. The minimum absolute atomic E-state index is 0.0744. The molecule has 4 nitrogen and oxygen atoms in total. The number of nitrogens with one attached hydrogen (secondary N) is 1. The van der Waals surface area contributed by atoms with Gasteiger partial charge in [-0.3, -0.25) is 0 Å². The van der Waals surface area contributed by atoms with Crippen LogP contribution in [-0.4, -0.2) is 26.0 Å². The molecule has 0 aliphatic heterocycles. The maximum absolute atomic E-state index is 12.3. The Hall–Kier alpha value is -0.270. The summed E-state index contributed by atoms with van der Waals surface area (Å²) in [4.78, 5) is 0.106. The van der Waals surface area contributed by atoms with Gasteiger partial charge in [0.2, 0.25) is 10.0 Å². The fourth-order valence-electron chi connectivity index (χ4n) is 1.78. The summed E-state index contributed by atoms with van der Waals surface area (Å²) in [6.07, 6.45) is 4.10. The van der Waals surface area contributed by atoms with E-state index in [9.17, 15) is 8.42 Å². The minimum atomic E-state index is -3.58. The Bertz CT molecular complexity index is 571. The molecule has 1 aliphatic carbocycles. The zero-order valence-corrected chi connectivity index (χ0v) is 13.0. The topological polar surface area (TPSA) is 72.2 Å². The smallest absolute Gasteiger partial charge is 0.242 e. The molecular weight excluding hydrogens is 304 g/mol. The van der Waals surface area contributed by atoms with Crippen LogP contribution in [0.3, 0.4) is 0 Å². The number of rotatable bonds is 6. The summed E-state index contributed by atoms with van der Waals surface area (Å²) in [7, 11) is -3.58. The summed E-state index contributed by atoms with van der Waals surface area (Å²) < 4.78 is 27.3. The number of thioether (sulfide) groups is 1. The number of benzene rings is 1. The molecule has 0 saturated heterocycles. The second-order valence-corrected chi connectivity index (χ2v) is 8.10. The fraction of sp³-hybridized carbons (Fsp3) is 0.500. The van der Waals surface area contributed by atoms with E-state index in [1.54, 1.807) is 23.9 Å². The standard InChI is InChI=1S/C12H17ClN2O2S2/c1-18-12(4-5-12)8-15-19(16,17)11-6-9(7-14)2-3-10(11)13/h2-3,6,15H,4-5,7-8,14H2,1H3. The Kier molecular flexibility index (Phi) is 4.47. The van der Waals surface area contributed by atoms with Crippen LogP contribution < -0.4 is 10.5 Å². The van der Waals surface area contributed by atoms with E-state index in [-0.39, 0.29) is 21.2 Å². The van der Waals surface area contributed by atoms with Crippen LogP contribution in [-0.2, 0) is 16.6 Å². The number of hydrogen-bond acceptors (Lipinski definition) is 4. The van der Waals surface area contributed by atoms with Crippen molar-refractivity contribution in [2.75, 3.05) is 12.8 Å². The molecule has 1 saturated carbocycles. The lowest BCUT2D eigenvalue weighted by atomic mass is 10.2. The van der Waals surface area contributed by atoms with Gasteiger partial charge in [0.25, 0.3) is 0 Å². The molecule has 0 spiro atoms. The van der Waals surface area contributed by atoms with E-state index in [1.807, 2.05) is 6.26 Å². The van der Waals surface area contributed by atoms with E-state index in [2.05, 4.69) is 4.72 Å². The average molecular weight is 321 g/mol. The van der Waals surface area contributed by atoms with E-state index in [0.29, 0.717) is 6.54 Å². The van der Waals surface area contributed by atoms with Crippen LogP contribution in [0.4, 0.5) is 0 Å². The summed E-state index contributed by atoms with van der Waals surface area (Å²) in [6, 6.07) is 4.83. The van der Waals surface area contributed by atoms with Crippen molar-refractivity contribution in [2.45, 2.75) is 29.0 Å². The molecule has 0 unspecified atom stereocenters. The van der Waals surface area contributed by atoms with Gasteiger partial charge in [-0.15, -0.1) is 0 Å². The molecule has 0 radical (unpaired) electrons. The van der Waals surface area contributed by atoms with E-state index < -0.39 is 10.0 Å². The van der Waals surface area contributed by atoms with E-state index in [4.69, 9.17) is 17.3 Å². The predicted molar refractivity (Wildman–Crippen MR) is 80.0 cm³/mol. The first-order valence-corrected chi connectivity index (χ1v) is 9.04. The van der Waals surface area contributed by atoms with Gasteiger partial charge in [-0.2, -0.15) is 11.8 Å². The molecule has 3 N–H and O–H groups in total. The highest BCUT2D eigenvalue weighted by molar-refractivity contribution is 8.00. The monoisotopic (exact) mass is 320 g/mol. The van der Waals surface area contributed by atoms with Crippen LogP contribution in [0.25, 0.3) is 0 Å². The Balaban J connectivity index is 2.19. The SMILES string of the molecule is CSC1(CNS(=O)(=O)c2cc(CN)ccc2Cl)CC1. The number of nitrogens with two attached hydrogens (primary N) is 1. The van der Waals surface area contributed by atoms with Gasteiger partial charge < -0.3 is 5.73 Å². The van der Waals surface area contributed by atoms with Crippen molar-refractivity contribution in [3.05, 3.63) is 28.8 Å². The van der Waals surface area contributed by atoms with Crippen LogP contribution in [0.1, 0.15) is 18.4 Å². The van der Waals surface area contributed by atoms with Gasteiger partial charge in [0.15, 0.2) is 0 Å². The van der Waals surface area contributed by atoms with Gasteiger partial charge in [0.05, 0.1) is 5.02 Å². The van der Waals surface area contributed by atoms with Crippen molar-refractivity contribution in [3.63, 3.8) is 0 Å². The van der Waals surface area contributed by atoms with Gasteiger partial charge in [-0.25, -0.2) is 13.1 Å². The highest BCUT2D eigenvalue weighted by atomic mass is 35.5. The van der Waals surface area contributed by atoms with Gasteiger partial charge in [-0.1, -0.05) is 17.7 Å². The molecule has 1 fully saturated rings. The molecule has 0 heterocycles. The maximum Gasteiger partial charge on any atom is 0.242 e. The third-order valence-corrected chi connectivity index (χ3v) is 6.65. The molecular formula is C12H17ClN2O2S2. The van der Waals surface area contributed by atoms with Crippen molar-refractivity contribution >= 4 is 33.4 Å². The van der Waals surface area contributed by atoms with Gasteiger partial charge in [0, 0.05) is 17.8 Å². The molecule has 19 heavy (non-hydrogen) atoms. The van der Waals surface area contributed by atoms with E-state index >= 15 is 0 Å². The summed E-state index contributed by atoms with van der Waals surface area (Å²) in [5, 5.41) is 0.221. The third kappa shape index (κ3) is 3.44. The Morgan fingerprint density at radius 1 is 1.47 bits per heavy atom. The second-order valence-electron chi connectivity index (χ2n) is 4.68. The van der Waals surface area contributed by atoms with Crippen LogP contribution in [0.5, 0.6) is 0 Å². The molecule has 0 aromatic heterocycles. The molecule has 0 atom stereocenters. The van der Waals surface area contributed by atoms with Crippen molar-refractivity contribution in [1.29, 1.82) is 0 Å². The summed E-state index contributed by atoms with van der Waals surface area (Å²) in [5.41, 5.74) is 6.27. The molecule has 1 aromatic carbocycles. The van der Waals surface area contributed by atoms with Crippen molar-refractivity contribution in [2.24, 2.45) is 5.73 Å². The first kappa shape index (κ1) is 15.1. The van der Waals surface area contributed by atoms with E-state index in [1.165, 1.54) is 6.07 Å². The molecule has 0 bridgehead atoms. The predicted octanol–water partition coefficient (Wildman–Crippen LogP) is 1.97. The van der Waals surface area contributed by atoms with Crippen molar-refractivity contribution in [3.8, 4) is 0 Å². The second kappa shape index (κ2) is 5.61. The Morgan fingerprint density at radius 3 is 2.68 bits per heavy atom. The number of sulfonamides is 1. The van der Waals surface area contributed by atoms with Crippen molar-refractivity contribution < 1.29 is 8.42 Å². The Morgan fingerprint density at radius 2 is 2.16 bits per heavy atom. The Labute approximate surface area is 123 Å². The van der Waals surface area contributed by atoms with Crippen LogP contribution in [0.2, 0.25) is 5.02 Å². The maximum atomic E-state index is 12.3. The summed E-state index contributed by atoms with van der Waals surface area (Å²) in [5.74, 6) is 0. The normalized spacial score (nSPS) is 17.4. The third-order valence-electron chi connectivity index (χ3n) is 3.35. The highest BCUT2D eigenvalue weighted by Gasteiger charge is 2.42. The average Bonchev–Trinajstić information content (AvgIpc) is 3.18. The molecule has 1 aliphatic rings. The molecule has 1 aromatic rings. The number of hydrogen-bond donors (Lipinski definition) is 2. The van der Waals surface area contributed by atoms with E-state index in [0.717, 1.165) is 18.4 Å². The quantitative estimate of drug-likeness (QED) is 0.840. The zero-order valence-electron chi connectivity index (χ0n) is 10.6. The first-order chi connectivity index (χ1) is 8.92. The molecule has 106 valence electrons. The fourth-order valence-corrected chi connectivity index (χ4v) is 4.27. The number of halogens is 1. The van der Waals surface area contributed by atoms with Gasteiger partial charge in [-0.05, 0) is 36.8 Å².